The number of hydrogen-bond acceptors (Lipinski definition) is 2. The molecule has 0 spiro atoms. The van der Waals surface area contributed by atoms with Crippen LogP contribution in [0, 0.1) is 0 Å². The van der Waals surface area contributed by atoms with E-state index in [9.17, 15) is 23.1 Å². The zero-order chi connectivity index (χ0) is 13.4. The first-order valence-electron chi connectivity index (χ1n) is 5.47. The molecule has 0 saturated carbocycles. The summed E-state index contributed by atoms with van der Waals surface area (Å²) in [5, 5.41) is 11.2. The zero-order valence-corrected chi connectivity index (χ0v) is 9.37. The van der Waals surface area contributed by atoms with Gasteiger partial charge in [-0.1, -0.05) is 30.3 Å². The largest absolute Gasteiger partial charge is 0.436 e. The van der Waals surface area contributed by atoms with Crippen LogP contribution in [0.1, 0.15) is 24.3 Å². The summed E-state index contributed by atoms with van der Waals surface area (Å²) in [6, 6.07) is 8.42. The van der Waals surface area contributed by atoms with Crippen LogP contribution in [0.3, 0.4) is 0 Å². The SMILES string of the molecule is O=C1C[C@H](c2ccccc2)C[C@@](O)(C(F)(F)F)N1. The van der Waals surface area contributed by atoms with Gasteiger partial charge in [0.25, 0.3) is 0 Å². The maximum atomic E-state index is 12.7. The van der Waals surface area contributed by atoms with Crippen LogP contribution in [0.15, 0.2) is 30.3 Å². The highest BCUT2D eigenvalue weighted by Crippen LogP contribution is 2.40. The van der Waals surface area contributed by atoms with Crippen molar-refractivity contribution in [1.82, 2.24) is 5.32 Å². The minimum atomic E-state index is -4.88. The zero-order valence-electron chi connectivity index (χ0n) is 9.37. The number of halogens is 3. The predicted molar refractivity (Wildman–Crippen MR) is 57.6 cm³/mol. The molecule has 1 aromatic carbocycles. The molecule has 3 nitrogen and oxygen atoms in total. The number of alkyl halides is 3. The molecule has 0 bridgehead atoms. The van der Waals surface area contributed by atoms with Crippen molar-refractivity contribution in [3.8, 4) is 0 Å². The van der Waals surface area contributed by atoms with Crippen molar-refractivity contribution in [2.75, 3.05) is 0 Å². The molecule has 1 aromatic rings. The monoisotopic (exact) mass is 259 g/mol. The molecule has 1 aliphatic heterocycles. The Morgan fingerprint density at radius 1 is 1.28 bits per heavy atom. The van der Waals surface area contributed by atoms with Gasteiger partial charge in [-0.15, -0.1) is 0 Å². The van der Waals surface area contributed by atoms with Crippen LogP contribution in [0.2, 0.25) is 0 Å². The Kier molecular flexibility index (Phi) is 3.06. The van der Waals surface area contributed by atoms with E-state index in [1.807, 2.05) is 0 Å². The molecule has 1 fully saturated rings. The van der Waals surface area contributed by atoms with E-state index in [1.165, 1.54) is 0 Å². The topological polar surface area (TPSA) is 49.3 Å². The minimum absolute atomic E-state index is 0.0532. The number of carbonyl (C=O) groups is 1. The van der Waals surface area contributed by atoms with Crippen molar-refractivity contribution in [3.05, 3.63) is 35.9 Å². The number of nitrogens with one attached hydrogen (secondary N) is 1. The molecule has 2 atom stereocenters. The first-order valence-corrected chi connectivity index (χ1v) is 5.47. The lowest BCUT2D eigenvalue weighted by Crippen LogP contribution is -2.62. The van der Waals surface area contributed by atoms with Gasteiger partial charge < -0.3 is 10.4 Å². The lowest BCUT2D eigenvalue weighted by atomic mass is 9.84. The molecule has 1 amide bonds. The second-order valence-electron chi connectivity index (χ2n) is 4.42. The first-order chi connectivity index (χ1) is 8.32. The Balaban J connectivity index is 2.28. The van der Waals surface area contributed by atoms with Gasteiger partial charge >= 0.3 is 6.18 Å². The molecule has 0 unspecified atom stereocenters. The van der Waals surface area contributed by atoms with E-state index in [2.05, 4.69) is 0 Å². The number of aliphatic hydroxyl groups is 1. The summed E-state index contributed by atoms with van der Waals surface area (Å²) in [6.45, 7) is 0. The molecular weight excluding hydrogens is 247 g/mol. The highest BCUT2D eigenvalue weighted by atomic mass is 19.4. The molecular formula is C12H12F3NO2. The third-order valence-electron chi connectivity index (χ3n) is 3.06. The van der Waals surface area contributed by atoms with Crippen LogP contribution in [0.5, 0.6) is 0 Å². The van der Waals surface area contributed by atoms with Crippen LogP contribution in [0.25, 0.3) is 0 Å². The summed E-state index contributed by atoms with van der Waals surface area (Å²) < 4.78 is 38.2. The van der Waals surface area contributed by atoms with Crippen molar-refractivity contribution < 1.29 is 23.1 Å². The smallest absolute Gasteiger partial charge is 0.363 e. The summed E-state index contributed by atoms with van der Waals surface area (Å²) in [6.07, 6.45) is -5.50. The van der Waals surface area contributed by atoms with Gasteiger partial charge in [-0.05, 0) is 11.5 Å². The molecule has 18 heavy (non-hydrogen) atoms. The van der Waals surface area contributed by atoms with E-state index >= 15 is 0 Å². The number of benzene rings is 1. The Labute approximate surface area is 102 Å². The van der Waals surface area contributed by atoms with Gasteiger partial charge in [-0.2, -0.15) is 13.2 Å². The average molecular weight is 259 g/mol. The predicted octanol–water partition coefficient (Wildman–Crippen LogP) is 1.93. The molecule has 1 aliphatic rings. The molecule has 0 aromatic heterocycles. The molecule has 2 N–H and O–H groups in total. The fraction of sp³-hybridized carbons (Fsp3) is 0.417. The first kappa shape index (κ1) is 12.9. The van der Waals surface area contributed by atoms with Crippen molar-refractivity contribution in [3.63, 3.8) is 0 Å². The number of hydrogen-bond donors (Lipinski definition) is 2. The average Bonchev–Trinajstić information content (AvgIpc) is 2.27. The van der Waals surface area contributed by atoms with Crippen molar-refractivity contribution in [2.45, 2.75) is 30.7 Å². The van der Waals surface area contributed by atoms with Crippen LogP contribution < -0.4 is 5.32 Å². The second-order valence-corrected chi connectivity index (χ2v) is 4.42. The van der Waals surface area contributed by atoms with Crippen molar-refractivity contribution in [1.29, 1.82) is 0 Å². The number of piperidine rings is 1. The van der Waals surface area contributed by atoms with Crippen molar-refractivity contribution in [2.24, 2.45) is 0 Å². The van der Waals surface area contributed by atoms with E-state index < -0.39 is 30.1 Å². The summed E-state index contributed by atoms with van der Waals surface area (Å²) in [5.41, 5.74) is -2.52. The molecule has 1 saturated heterocycles. The highest BCUT2D eigenvalue weighted by Gasteiger charge is 2.57. The van der Waals surface area contributed by atoms with Gasteiger partial charge in [-0.25, -0.2) is 0 Å². The normalized spacial score (nSPS) is 28.9. The number of amides is 1. The summed E-state index contributed by atoms with van der Waals surface area (Å²) in [4.78, 5) is 11.3. The van der Waals surface area contributed by atoms with Crippen LogP contribution in [-0.4, -0.2) is 22.9 Å². The van der Waals surface area contributed by atoms with Gasteiger partial charge in [0, 0.05) is 12.8 Å². The van der Waals surface area contributed by atoms with Gasteiger partial charge in [0.15, 0.2) is 0 Å². The van der Waals surface area contributed by atoms with E-state index in [4.69, 9.17) is 0 Å². The van der Waals surface area contributed by atoms with Gasteiger partial charge in [0.1, 0.15) is 0 Å². The van der Waals surface area contributed by atoms with E-state index in [0.717, 1.165) is 0 Å². The fourth-order valence-electron chi connectivity index (χ4n) is 2.13. The fourth-order valence-corrected chi connectivity index (χ4v) is 2.13. The summed E-state index contributed by atoms with van der Waals surface area (Å²) >= 11 is 0. The van der Waals surface area contributed by atoms with Gasteiger partial charge in [0.05, 0.1) is 0 Å². The Bertz CT molecular complexity index is 446. The molecule has 0 radical (unpaired) electrons. The summed E-state index contributed by atoms with van der Waals surface area (Å²) in [5.74, 6) is -1.43. The highest BCUT2D eigenvalue weighted by molar-refractivity contribution is 5.78. The van der Waals surface area contributed by atoms with Crippen LogP contribution in [-0.2, 0) is 4.79 Å². The standard InChI is InChI=1S/C12H12F3NO2/c13-12(14,15)11(18)7-9(6-10(17)16-11)8-4-2-1-3-5-8/h1-5,9,18H,6-7H2,(H,16,17)/t9-,11+/m0/s1. The van der Waals surface area contributed by atoms with E-state index in [-0.39, 0.29) is 6.42 Å². The Morgan fingerprint density at radius 3 is 2.44 bits per heavy atom. The quantitative estimate of drug-likeness (QED) is 0.809. The second kappa shape index (κ2) is 4.28. The lowest BCUT2D eigenvalue weighted by molar-refractivity contribution is -0.278. The summed E-state index contributed by atoms with van der Waals surface area (Å²) in [7, 11) is 0. The number of carbonyl (C=O) groups excluding carboxylic acids is 1. The minimum Gasteiger partial charge on any atom is -0.363 e. The third-order valence-corrected chi connectivity index (χ3v) is 3.06. The van der Waals surface area contributed by atoms with Crippen LogP contribution >= 0.6 is 0 Å². The Morgan fingerprint density at radius 2 is 1.89 bits per heavy atom. The number of rotatable bonds is 1. The van der Waals surface area contributed by atoms with E-state index in [1.54, 1.807) is 35.6 Å². The Hall–Kier alpha value is -1.56. The maximum absolute atomic E-state index is 12.7. The van der Waals surface area contributed by atoms with E-state index in [0.29, 0.717) is 5.56 Å². The maximum Gasteiger partial charge on any atom is 0.436 e. The molecule has 0 aliphatic carbocycles. The molecule has 98 valence electrons. The van der Waals surface area contributed by atoms with Gasteiger partial charge in [0.2, 0.25) is 11.6 Å². The lowest BCUT2D eigenvalue weighted by Gasteiger charge is -2.38. The van der Waals surface area contributed by atoms with Gasteiger partial charge in [-0.3, -0.25) is 4.79 Å². The third kappa shape index (κ3) is 2.33. The van der Waals surface area contributed by atoms with Crippen molar-refractivity contribution >= 4 is 5.91 Å². The molecule has 2 rings (SSSR count). The molecule has 6 heteroatoms. The molecule has 1 heterocycles. The van der Waals surface area contributed by atoms with Crippen LogP contribution in [0.4, 0.5) is 13.2 Å².